The number of primary sulfonamides is 1. The van der Waals surface area contributed by atoms with E-state index in [0.717, 1.165) is 10.9 Å². The molecule has 0 spiro atoms. The second-order valence-corrected chi connectivity index (χ2v) is 10.6. The van der Waals surface area contributed by atoms with Crippen LogP contribution in [0.4, 0.5) is 5.82 Å². The zero-order valence-electron chi connectivity index (χ0n) is 20.2. The van der Waals surface area contributed by atoms with Crippen LogP contribution in [-0.4, -0.2) is 46.7 Å². The largest absolute Gasteiger partial charge is 0.477 e. The Bertz CT molecular complexity index is 1530. The fourth-order valence-corrected chi connectivity index (χ4v) is 4.85. The summed E-state index contributed by atoms with van der Waals surface area (Å²) >= 11 is 0. The number of carboxylic acids is 1. The molecule has 0 saturated heterocycles. The van der Waals surface area contributed by atoms with Gasteiger partial charge in [0.15, 0.2) is 0 Å². The molecule has 194 valence electrons. The minimum absolute atomic E-state index is 0.0279. The van der Waals surface area contributed by atoms with Gasteiger partial charge in [0.2, 0.25) is 10.0 Å². The number of hydrogen-bond donors (Lipinski definition) is 5. The van der Waals surface area contributed by atoms with Gasteiger partial charge in [-0.2, -0.15) is 0 Å². The fourth-order valence-electron chi connectivity index (χ4n) is 4.27. The van der Waals surface area contributed by atoms with Crippen molar-refractivity contribution in [3.8, 4) is 0 Å². The highest BCUT2D eigenvalue weighted by atomic mass is 32.2. The summed E-state index contributed by atoms with van der Waals surface area (Å²) in [5.74, 6) is -0.689. The van der Waals surface area contributed by atoms with Gasteiger partial charge < -0.3 is 25.8 Å². The highest BCUT2D eigenvalue weighted by Gasteiger charge is 2.17. The highest BCUT2D eigenvalue weighted by molar-refractivity contribution is 7.89. The van der Waals surface area contributed by atoms with E-state index in [2.05, 4.69) is 10.3 Å². The molecule has 2 unspecified atom stereocenters. The first-order chi connectivity index (χ1) is 17.5. The van der Waals surface area contributed by atoms with Crippen LogP contribution in [0.1, 0.15) is 40.2 Å². The Balaban J connectivity index is 1.50. The van der Waals surface area contributed by atoms with Crippen LogP contribution in [0.25, 0.3) is 10.9 Å². The number of carboxylic acid groups (broad SMARTS) is 1. The van der Waals surface area contributed by atoms with Gasteiger partial charge in [-0.25, -0.2) is 23.3 Å². The van der Waals surface area contributed by atoms with Crippen LogP contribution >= 0.6 is 0 Å². The molecule has 0 aliphatic heterocycles. The number of aliphatic hydroxyl groups excluding tert-OH is 1. The Morgan fingerprint density at radius 3 is 2.57 bits per heavy atom. The SMILES string of the molecule is CC(Cc1ccc2c(c1)cc(C(=O)O)n2Cc1cccc(S(N)(=O)=O)c1)NCC(O)c1ccc(N)nc1. The molecule has 11 heteroatoms. The van der Waals surface area contributed by atoms with E-state index in [0.29, 0.717) is 35.4 Å². The Morgan fingerprint density at radius 2 is 1.89 bits per heavy atom. The summed E-state index contributed by atoms with van der Waals surface area (Å²) < 4.78 is 25.1. The predicted octanol–water partition coefficient (Wildman–Crippen LogP) is 2.27. The van der Waals surface area contributed by atoms with E-state index in [4.69, 9.17) is 10.9 Å². The molecule has 0 fully saturated rings. The number of fused-ring (bicyclic) bond motifs is 1. The summed E-state index contributed by atoms with van der Waals surface area (Å²) in [5.41, 5.74) is 8.70. The highest BCUT2D eigenvalue weighted by Crippen LogP contribution is 2.24. The van der Waals surface area contributed by atoms with Crippen LogP contribution in [0.3, 0.4) is 0 Å². The second kappa shape index (κ2) is 10.7. The first-order valence-electron chi connectivity index (χ1n) is 11.6. The van der Waals surface area contributed by atoms with Crippen LogP contribution in [0.5, 0.6) is 0 Å². The summed E-state index contributed by atoms with van der Waals surface area (Å²) in [4.78, 5) is 15.9. The van der Waals surface area contributed by atoms with Gasteiger partial charge in [-0.1, -0.05) is 24.3 Å². The minimum Gasteiger partial charge on any atom is -0.477 e. The standard InChI is InChI=1S/C26H29N5O5S/c1-16(29-14-24(32)19-6-8-25(27)30-13-19)9-17-5-7-22-20(10-17)12-23(26(33)34)31(22)15-18-3-2-4-21(11-18)37(28,35)36/h2-8,10-13,16,24,29,32H,9,14-15H2,1H3,(H2,27,30)(H,33,34)(H2,28,35,36). The molecule has 0 amide bonds. The monoisotopic (exact) mass is 523 g/mol. The number of sulfonamides is 1. The van der Waals surface area contributed by atoms with Gasteiger partial charge in [0.1, 0.15) is 11.5 Å². The number of anilines is 1. The summed E-state index contributed by atoms with van der Waals surface area (Å²) in [6.07, 6.45) is 1.49. The third kappa shape index (κ3) is 6.33. The van der Waals surface area contributed by atoms with Gasteiger partial charge in [-0.15, -0.1) is 0 Å². The molecular formula is C26H29N5O5S. The van der Waals surface area contributed by atoms with Crippen molar-refractivity contribution in [2.24, 2.45) is 5.14 Å². The van der Waals surface area contributed by atoms with Crippen molar-refractivity contribution in [3.63, 3.8) is 0 Å². The van der Waals surface area contributed by atoms with Crippen molar-refractivity contribution in [1.82, 2.24) is 14.9 Å². The molecular weight excluding hydrogens is 494 g/mol. The number of aromatic nitrogens is 2. The average molecular weight is 524 g/mol. The molecule has 4 rings (SSSR count). The number of nitrogens with one attached hydrogen (secondary N) is 1. The Labute approximate surface area is 214 Å². The van der Waals surface area contributed by atoms with E-state index in [1.54, 1.807) is 41.1 Å². The summed E-state index contributed by atoms with van der Waals surface area (Å²) in [6.45, 7) is 2.51. The molecule has 0 radical (unpaired) electrons. The first kappa shape index (κ1) is 26.3. The topological polar surface area (TPSA) is 174 Å². The van der Waals surface area contributed by atoms with E-state index in [-0.39, 0.29) is 23.2 Å². The van der Waals surface area contributed by atoms with Crippen molar-refractivity contribution in [3.05, 3.63) is 89.2 Å². The summed E-state index contributed by atoms with van der Waals surface area (Å²) in [5, 5.41) is 29.5. The fraction of sp³-hybridized carbons (Fsp3) is 0.231. The Morgan fingerprint density at radius 1 is 1.11 bits per heavy atom. The van der Waals surface area contributed by atoms with Gasteiger partial charge in [-0.3, -0.25) is 0 Å². The van der Waals surface area contributed by atoms with Crippen molar-refractivity contribution in [2.75, 3.05) is 12.3 Å². The number of carbonyl (C=O) groups is 1. The lowest BCUT2D eigenvalue weighted by atomic mass is 10.0. The number of nitrogens with two attached hydrogens (primary N) is 2. The number of rotatable bonds is 10. The Hall–Kier alpha value is -3.77. The average Bonchev–Trinajstić information content (AvgIpc) is 3.20. The number of benzene rings is 2. The molecule has 7 N–H and O–H groups in total. The molecule has 0 saturated carbocycles. The van der Waals surface area contributed by atoms with Crippen molar-refractivity contribution in [2.45, 2.75) is 36.9 Å². The van der Waals surface area contributed by atoms with Crippen LogP contribution in [0.15, 0.2) is 71.8 Å². The number of nitrogen functional groups attached to an aromatic ring is 1. The first-order valence-corrected chi connectivity index (χ1v) is 13.2. The molecule has 0 aliphatic rings. The quantitative estimate of drug-likeness (QED) is 0.210. The van der Waals surface area contributed by atoms with E-state index >= 15 is 0 Å². The lowest BCUT2D eigenvalue weighted by molar-refractivity contribution is 0.0686. The van der Waals surface area contributed by atoms with Crippen LogP contribution in [0, 0.1) is 0 Å². The third-order valence-electron chi connectivity index (χ3n) is 6.15. The van der Waals surface area contributed by atoms with E-state index < -0.39 is 22.1 Å². The maximum atomic E-state index is 12.0. The summed E-state index contributed by atoms with van der Waals surface area (Å²) in [7, 11) is -3.87. The maximum Gasteiger partial charge on any atom is 0.352 e. The van der Waals surface area contributed by atoms with E-state index in [1.807, 2.05) is 25.1 Å². The number of aromatic carboxylic acids is 1. The molecule has 4 aromatic rings. The van der Waals surface area contributed by atoms with Crippen molar-refractivity contribution in [1.29, 1.82) is 0 Å². The normalized spacial score (nSPS) is 13.5. The zero-order valence-corrected chi connectivity index (χ0v) is 21.0. The summed E-state index contributed by atoms with van der Waals surface area (Å²) in [6, 6.07) is 16.9. The number of aliphatic hydroxyl groups is 1. The van der Waals surface area contributed by atoms with Gasteiger partial charge >= 0.3 is 5.97 Å². The molecule has 37 heavy (non-hydrogen) atoms. The van der Waals surface area contributed by atoms with Crippen LogP contribution in [0.2, 0.25) is 0 Å². The third-order valence-corrected chi connectivity index (χ3v) is 7.06. The van der Waals surface area contributed by atoms with Gasteiger partial charge in [0, 0.05) is 41.8 Å². The predicted molar refractivity (Wildman–Crippen MR) is 141 cm³/mol. The van der Waals surface area contributed by atoms with Crippen LogP contribution in [-0.2, 0) is 23.0 Å². The lowest BCUT2D eigenvalue weighted by Gasteiger charge is -2.17. The smallest absolute Gasteiger partial charge is 0.352 e. The van der Waals surface area contributed by atoms with Crippen molar-refractivity contribution < 1.29 is 23.4 Å². The van der Waals surface area contributed by atoms with Crippen LogP contribution < -0.4 is 16.2 Å². The molecule has 2 atom stereocenters. The number of hydrogen-bond acceptors (Lipinski definition) is 7. The van der Waals surface area contributed by atoms with Crippen molar-refractivity contribution >= 4 is 32.7 Å². The van der Waals surface area contributed by atoms with E-state index in [1.165, 1.54) is 12.1 Å². The minimum atomic E-state index is -3.87. The molecule has 10 nitrogen and oxygen atoms in total. The van der Waals surface area contributed by atoms with Gasteiger partial charge in [0.25, 0.3) is 0 Å². The van der Waals surface area contributed by atoms with E-state index in [9.17, 15) is 23.4 Å². The zero-order chi connectivity index (χ0) is 26.7. The lowest BCUT2D eigenvalue weighted by Crippen LogP contribution is -2.32. The molecule has 2 aromatic carbocycles. The Kier molecular flexibility index (Phi) is 7.60. The molecule has 2 aromatic heterocycles. The number of pyridine rings is 1. The number of nitrogens with zero attached hydrogens (tertiary/aromatic N) is 2. The van der Waals surface area contributed by atoms with Gasteiger partial charge in [0.05, 0.1) is 11.0 Å². The van der Waals surface area contributed by atoms with Gasteiger partial charge in [-0.05, 0) is 60.9 Å². The molecule has 0 aliphatic carbocycles. The molecule has 0 bridgehead atoms. The maximum absolute atomic E-state index is 12.0. The molecule has 2 heterocycles. The second-order valence-electron chi connectivity index (χ2n) is 9.05.